The topological polar surface area (TPSA) is 184 Å². The van der Waals surface area contributed by atoms with Crippen molar-refractivity contribution in [3.63, 3.8) is 0 Å². The highest BCUT2D eigenvalue weighted by molar-refractivity contribution is 5.73. The van der Waals surface area contributed by atoms with E-state index in [0.29, 0.717) is 0 Å². The molecule has 11 heteroatoms. The van der Waals surface area contributed by atoms with Gasteiger partial charge in [0, 0.05) is 6.92 Å². The largest absolute Gasteiger partial charge is 0.394 e. The van der Waals surface area contributed by atoms with Crippen LogP contribution < -0.4 is 11.1 Å². The monoisotopic (exact) mass is 480 g/mol. The van der Waals surface area contributed by atoms with Crippen molar-refractivity contribution in [3.8, 4) is 0 Å². The van der Waals surface area contributed by atoms with Crippen LogP contribution in [0.25, 0.3) is 0 Å². The summed E-state index contributed by atoms with van der Waals surface area (Å²) in [5.41, 5.74) is 5.75. The molecular formula is C22H44N2O9. The Balaban J connectivity index is 0.00000125. The van der Waals surface area contributed by atoms with Gasteiger partial charge in [0.25, 0.3) is 0 Å². The highest BCUT2D eigenvalue weighted by Crippen LogP contribution is 2.34. The Kier molecular flexibility index (Phi) is 11.6. The van der Waals surface area contributed by atoms with E-state index in [1.54, 1.807) is 0 Å². The van der Waals surface area contributed by atoms with E-state index in [9.17, 15) is 30.3 Å². The first-order valence-corrected chi connectivity index (χ1v) is 11.4. The Bertz CT molecular complexity index is 596. The number of hydrogen-bond acceptors (Lipinski definition) is 10. The third-order valence-corrected chi connectivity index (χ3v) is 5.34. The molecular weight excluding hydrogens is 436 g/mol. The zero-order chi connectivity index (χ0) is 25.7. The molecule has 10 atom stereocenters. The van der Waals surface area contributed by atoms with Crippen LogP contribution in [0, 0.1) is 11.3 Å². The molecule has 2 aliphatic heterocycles. The molecule has 0 aromatic rings. The first kappa shape index (κ1) is 30.1. The lowest BCUT2D eigenvalue weighted by molar-refractivity contribution is -0.317. The van der Waals surface area contributed by atoms with Gasteiger partial charge >= 0.3 is 0 Å². The second-order valence-electron chi connectivity index (χ2n) is 10.5. The molecule has 0 aromatic heterocycles. The summed E-state index contributed by atoms with van der Waals surface area (Å²) in [5, 5.41) is 52.9. The van der Waals surface area contributed by atoms with Crippen molar-refractivity contribution in [2.24, 2.45) is 17.1 Å². The molecule has 0 aromatic carbocycles. The quantitative estimate of drug-likeness (QED) is 0.244. The van der Waals surface area contributed by atoms with Crippen LogP contribution in [-0.2, 0) is 19.0 Å². The van der Waals surface area contributed by atoms with Crippen molar-refractivity contribution in [3.05, 3.63) is 0 Å². The maximum Gasteiger partial charge on any atom is 0.217 e. The second-order valence-corrected chi connectivity index (χ2v) is 10.5. The fraction of sp³-hybridized carbons (Fsp3) is 0.955. The van der Waals surface area contributed by atoms with Crippen molar-refractivity contribution in [2.45, 2.75) is 110 Å². The summed E-state index contributed by atoms with van der Waals surface area (Å²) in [6.07, 6.45) is -9.39. The van der Waals surface area contributed by atoms with E-state index in [-0.39, 0.29) is 0 Å². The maximum absolute atomic E-state index is 11.5. The highest BCUT2D eigenvalue weighted by atomic mass is 16.7. The normalized spacial score (nSPS) is 39.6. The zero-order valence-electron chi connectivity index (χ0n) is 20.7. The standard InChI is InChI=1S/C18H34N2O9.C4H10/c1-7(23)20-11-14(26)12(24)8(5-21)28-17(11)29-15-9(6-22)27-16(18(2,3)4)10(19)13(15)25;1-4(2)3/h8-17,21-22,24-26H,5-6,19H2,1-4H3,(H,20,23);4H,1-3H3/t8?,9-,10?,11?,12?,13?,14?,15?,16?,17?;/m0./s1. The highest BCUT2D eigenvalue weighted by Gasteiger charge is 2.52. The third kappa shape index (κ3) is 8.08. The van der Waals surface area contributed by atoms with Crippen molar-refractivity contribution < 1.29 is 44.5 Å². The Morgan fingerprint density at radius 2 is 1.52 bits per heavy atom. The summed E-state index contributed by atoms with van der Waals surface area (Å²) in [6.45, 7) is 12.3. The van der Waals surface area contributed by atoms with Crippen LogP contribution in [0.15, 0.2) is 0 Å². The Morgan fingerprint density at radius 1 is 1.00 bits per heavy atom. The van der Waals surface area contributed by atoms with E-state index in [4.69, 9.17) is 19.9 Å². The van der Waals surface area contributed by atoms with Crippen LogP contribution in [0.4, 0.5) is 0 Å². The summed E-state index contributed by atoms with van der Waals surface area (Å²) in [6, 6.07) is -2.02. The molecule has 0 bridgehead atoms. The second kappa shape index (κ2) is 12.7. The maximum atomic E-state index is 11.5. The molecule has 2 rings (SSSR count). The third-order valence-electron chi connectivity index (χ3n) is 5.34. The molecule has 0 saturated carbocycles. The minimum atomic E-state index is -1.50. The molecule has 9 unspecified atom stereocenters. The molecule has 0 radical (unpaired) electrons. The van der Waals surface area contributed by atoms with Crippen LogP contribution >= 0.6 is 0 Å². The van der Waals surface area contributed by atoms with Gasteiger partial charge in [-0.25, -0.2) is 0 Å². The molecule has 2 heterocycles. The molecule has 2 saturated heterocycles. The van der Waals surface area contributed by atoms with Gasteiger partial charge in [0.05, 0.1) is 25.4 Å². The van der Waals surface area contributed by atoms with Crippen LogP contribution in [0.5, 0.6) is 0 Å². The van der Waals surface area contributed by atoms with Gasteiger partial charge in [0.2, 0.25) is 5.91 Å². The minimum Gasteiger partial charge on any atom is -0.394 e. The summed E-state index contributed by atoms with van der Waals surface area (Å²) >= 11 is 0. The molecule has 0 spiro atoms. The number of nitrogens with two attached hydrogens (primary N) is 1. The van der Waals surface area contributed by atoms with Gasteiger partial charge < -0.3 is 50.8 Å². The first-order chi connectivity index (χ1) is 15.1. The number of hydrogen-bond donors (Lipinski definition) is 7. The molecule has 0 aliphatic carbocycles. The van der Waals surface area contributed by atoms with Gasteiger partial charge in [-0.15, -0.1) is 0 Å². The number of nitrogens with one attached hydrogen (secondary N) is 1. The molecule has 11 nitrogen and oxygen atoms in total. The van der Waals surface area contributed by atoms with Crippen LogP contribution in [0.3, 0.4) is 0 Å². The lowest BCUT2D eigenvalue weighted by Crippen LogP contribution is -2.69. The number of ether oxygens (including phenoxy) is 3. The summed E-state index contributed by atoms with van der Waals surface area (Å²) in [7, 11) is 0. The summed E-state index contributed by atoms with van der Waals surface area (Å²) < 4.78 is 17.2. The van der Waals surface area contributed by atoms with Crippen molar-refractivity contribution in [1.29, 1.82) is 0 Å². The van der Waals surface area contributed by atoms with E-state index in [1.165, 1.54) is 6.92 Å². The van der Waals surface area contributed by atoms with Crippen molar-refractivity contribution in [1.82, 2.24) is 5.32 Å². The minimum absolute atomic E-state index is 0.416. The number of aliphatic hydroxyl groups is 5. The Morgan fingerprint density at radius 3 is 1.94 bits per heavy atom. The Hall–Kier alpha value is -0.890. The van der Waals surface area contributed by atoms with Crippen molar-refractivity contribution in [2.75, 3.05) is 13.2 Å². The van der Waals surface area contributed by atoms with Crippen molar-refractivity contribution >= 4 is 5.91 Å². The van der Waals surface area contributed by atoms with E-state index in [1.807, 2.05) is 20.8 Å². The fourth-order valence-corrected chi connectivity index (χ4v) is 3.81. The van der Waals surface area contributed by atoms with Crippen LogP contribution in [0.1, 0.15) is 48.5 Å². The molecule has 2 fully saturated rings. The van der Waals surface area contributed by atoms with Crippen LogP contribution in [0.2, 0.25) is 0 Å². The summed E-state index contributed by atoms with van der Waals surface area (Å²) in [5.74, 6) is 0.324. The number of carbonyl (C=O) groups excluding carboxylic acids is 1. The van der Waals surface area contributed by atoms with E-state index < -0.39 is 85.6 Å². The number of amides is 1. The number of carbonyl (C=O) groups is 1. The predicted octanol–water partition coefficient (Wildman–Crippen LogP) is -1.53. The van der Waals surface area contributed by atoms with Gasteiger partial charge in [-0.1, -0.05) is 41.5 Å². The van der Waals surface area contributed by atoms with Gasteiger partial charge in [-0.3, -0.25) is 4.79 Å². The Labute approximate surface area is 196 Å². The van der Waals surface area contributed by atoms with Gasteiger partial charge in [-0.2, -0.15) is 0 Å². The van der Waals surface area contributed by atoms with Gasteiger partial charge in [0.15, 0.2) is 6.29 Å². The average molecular weight is 481 g/mol. The number of rotatable bonds is 5. The first-order valence-electron chi connectivity index (χ1n) is 11.4. The number of aliphatic hydroxyl groups excluding tert-OH is 5. The lowest BCUT2D eigenvalue weighted by atomic mass is 9.79. The zero-order valence-corrected chi connectivity index (χ0v) is 20.7. The smallest absolute Gasteiger partial charge is 0.217 e. The molecule has 2 aliphatic rings. The molecule has 1 amide bonds. The molecule has 33 heavy (non-hydrogen) atoms. The predicted molar refractivity (Wildman–Crippen MR) is 120 cm³/mol. The lowest BCUT2D eigenvalue weighted by Gasteiger charge is -2.50. The van der Waals surface area contributed by atoms with Gasteiger partial charge in [-0.05, 0) is 11.3 Å². The average Bonchev–Trinajstić information content (AvgIpc) is 2.69. The molecule has 8 N–H and O–H groups in total. The van der Waals surface area contributed by atoms with Crippen LogP contribution in [-0.4, -0.2) is 106 Å². The fourth-order valence-electron chi connectivity index (χ4n) is 3.81. The summed E-state index contributed by atoms with van der Waals surface area (Å²) in [4.78, 5) is 11.5. The van der Waals surface area contributed by atoms with E-state index in [0.717, 1.165) is 5.92 Å². The van der Waals surface area contributed by atoms with E-state index in [2.05, 4.69) is 26.1 Å². The molecule has 196 valence electrons. The SMILES string of the molecule is CC(=O)NC1C(OC2C(O)C(N)C(C(C)(C)C)O[C@H]2CO)OC(CO)C(O)C1O.CC(C)C. The van der Waals surface area contributed by atoms with Gasteiger partial charge in [0.1, 0.15) is 42.7 Å². The van der Waals surface area contributed by atoms with E-state index >= 15 is 0 Å².